The molecule has 4 nitrogen and oxygen atoms in total. The standard InChI is InChI=1S/C24H19FN2O2/c25-19-9-11-21(12-10-19)29-23-13-14-24(26-16-23)27-20-7-4-8-22(15-20)28-17-18-5-2-1-3-6-18/h1-16H,17H2,(H,26,27). The monoisotopic (exact) mass is 386 g/mol. The third kappa shape index (κ3) is 5.32. The summed E-state index contributed by atoms with van der Waals surface area (Å²) in [6.45, 7) is 0.512. The van der Waals surface area contributed by atoms with E-state index in [9.17, 15) is 4.39 Å². The van der Waals surface area contributed by atoms with E-state index in [1.54, 1.807) is 24.4 Å². The van der Waals surface area contributed by atoms with E-state index in [2.05, 4.69) is 10.3 Å². The molecule has 0 aliphatic rings. The first-order valence-corrected chi connectivity index (χ1v) is 9.18. The van der Waals surface area contributed by atoms with Crippen LogP contribution in [-0.2, 0) is 6.61 Å². The quantitative estimate of drug-likeness (QED) is 0.403. The van der Waals surface area contributed by atoms with Crippen molar-refractivity contribution in [1.29, 1.82) is 0 Å². The molecular weight excluding hydrogens is 367 g/mol. The van der Waals surface area contributed by atoms with Gasteiger partial charge in [0.1, 0.15) is 35.5 Å². The second-order valence-corrected chi connectivity index (χ2v) is 6.36. The van der Waals surface area contributed by atoms with Gasteiger partial charge in [0.05, 0.1) is 6.20 Å². The SMILES string of the molecule is Fc1ccc(Oc2ccc(Nc3cccc(OCc4ccccc4)c3)nc2)cc1. The second kappa shape index (κ2) is 8.89. The maximum absolute atomic E-state index is 13.0. The third-order valence-electron chi connectivity index (χ3n) is 4.14. The summed E-state index contributed by atoms with van der Waals surface area (Å²) in [4.78, 5) is 4.36. The molecule has 0 bridgehead atoms. The summed E-state index contributed by atoms with van der Waals surface area (Å²) in [7, 11) is 0. The van der Waals surface area contributed by atoms with Crippen LogP contribution in [0.5, 0.6) is 17.2 Å². The Morgan fingerprint density at radius 2 is 1.55 bits per heavy atom. The number of hydrogen-bond acceptors (Lipinski definition) is 4. The molecule has 3 aromatic carbocycles. The van der Waals surface area contributed by atoms with Crippen molar-refractivity contribution in [2.75, 3.05) is 5.32 Å². The summed E-state index contributed by atoms with van der Waals surface area (Å²) in [5, 5.41) is 3.24. The van der Waals surface area contributed by atoms with Crippen molar-refractivity contribution in [1.82, 2.24) is 4.98 Å². The van der Waals surface area contributed by atoms with Crippen molar-refractivity contribution in [3.63, 3.8) is 0 Å². The fourth-order valence-corrected chi connectivity index (χ4v) is 2.71. The fraction of sp³-hybridized carbons (Fsp3) is 0.0417. The smallest absolute Gasteiger partial charge is 0.145 e. The minimum atomic E-state index is -0.301. The van der Waals surface area contributed by atoms with Crippen molar-refractivity contribution in [2.45, 2.75) is 6.61 Å². The van der Waals surface area contributed by atoms with E-state index in [0.717, 1.165) is 17.0 Å². The minimum Gasteiger partial charge on any atom is -0.489 e. The Hall–Kier alpha value is -3.86. The number of ether oxygens (including phenoxy) is 2. The van der Waals surface area contributed by atoms with Crippen LogP contribution in [0.2, 0.25) is 0 Å². The molecule has 29 heavy (non-hydrogen) atoms. The molecule has 1 N–H and O–H groups in total. The highest BCUT2D eigenvalue weighted by Gasteiger charge is 2.02. The van der Waals surface area contributed by atoms with Crippen molar-refractivity contribution in [3.05, 3.63) is 109 Å². The Balaban J connectivity index is 1.36. The molecule has 0 aliphatic heterocycles. The van der Waals surface area contributed by atoms with Crippen LogP contribution in [0.4, 0.5) is 15.9 Å². The number of halogens is 1. The number of anilines is 2. The third-order valence-corrected chi connectivity index (χ3v) is 4.14. The van der Waals surface area contributed by atoms with Crippen LogP contribution in [0.25, 0.3) is 0 Å². The predicted molar refractivity (Wildman–Crippen MR) is 111 cm³/mol. The molecular formula is C24H19FN2O2. The first kappa shape index (κ1) is 18.5. The molecule has 0 saturated heterocycles. The maximum Gasteiger partial charge on any atom is 0.145 e. The van der Waals surface area contributed by atoms with Gasteiger partial charge < -0.3 is 14.8 Å². The Labute approximate surface area is 168 Å². The van der Waals surface area contributed by atoms with Gasteiger partial charge in [-0.3, -0.25) is 0 Å². The summed E-state index contributed by atoms with van der Waals surface area (Å²) < 4.78 is 24.5. The van der Waals surface area contributed by atoms with Crippen molar-refractivity contribution >= 4 is 11.5 Å². The molecule has 0 unspecified atom stereocenters. The Kier molecular flexibility index (Phi) is 5.67. The van der Waals surface area contributed by atoms with E-state index in [0.29, 0.717) is 23.9 Å². The van der Waals surface area contributed by atoms with Crippen molar-refractivity contribution < 1.29 is 13.9 Å². The lowest BCUT2D eigenvalue weighted by Gasteiger charge is -2.10. The zero-order valence-corrected chi connectivity index (χ0v) is 15.6. The predicted octanol–water partition coefficient (Wildman–Crippen LogP) is 6.34. The number of benzene rings is 3. The van der Waals surface area contributed by atoms with Crippen LogP contribution in [0.3, 0.4) is 0 Å². The molecule has 4 aromatic rings. The van der Waals surface area contributed by atoms with Crippen molar-refractivity contribution in [3.8, 4) is 17.2 Å². The number of nitrogens with one attached hydrogen (secondary N) is 1. The van der Waals surface area contributed by atoms with Gasteiger partial charge in [-0.2, -0.15) is 0 Å². The van der Waals surface area contributed by atoms with E-state index in [1.807, 2.05) is 60.7 Å². The van der Waals surface area contributed by atoms with Gasteiger partial charge in [0.15, 0.2) is 0 Å². The number of rotatable bonds is 7. The van der Waals surface area contributed by atoms with Gasteiger partial charge in [-0.1, -0.05) is 36.4 Å². The topological polar surface area (TPSA) is 43.4 Å². The summed E-state index contributed by atoms with van der Waals surface area (Å²) in [5.74, 6) is 2.27. The first-order chi connectivity index (χ1) is 14.2. The average molecular weight is 386 g/mol. The molecule has 0 atom stereocenters. The second-order valence-electron chi connectivity index (χ2n) is 6.36. The number of nitrogens with zero attached hydrogens (tertiary/aromatic N) is 1. The number of hydrogen-bond donors (Lipinski definition) is 1. The largest absolute Gasteiger partial charge is 0.489 e. The molecule has 5 heteroatoms. The van der Waals surface area contributed by atoms with Gasteiger partial charge in [-0.05, 0) is 54.1 Å². The highest BCUT2D eigenvalue weighted by Crippen LogP contribution is 2.24. The Morgan fingerprint density at radius 3 is 2.31 bits per heavy atom. The van der Waals surface area contributed by atoms with Crippen LogP contribution < -0.4 is 14.8 Å². The first-order valence-electron chi connectivity index (χ1n) is 9.18. The average Bonchev–Trinajstić information content (AvgIpc) is 2.76. The fourth-order valence-electron chi connectivity index (χ4n) is 2.71. The van der Waals surface area contributed by atoms with Crippen LogP contribution >= 0.6 is 0 Å². The Bertz CT molecular complexity index is 1050. The lowest BCUT2D eigenvalue weighted by atomic mass is 10.2. The lowest BCUT2D eigenvalue weighted by Crippen LogP contribution is -1.97. The van der Waals surface area contributed by atoms with Gasteiger partial charge in [0, 0.05) is 11.8 Å². The van der Waals surface area contributed by atoms with E-state index in [-0.39, 0.29) is 5.82 Å². The molecule has 144 valence electrons. The molecule has 1 heterocycles. The number of aromatic nitrogens is 1. The summed E-state index contributed by atoms with van der Waals surface area (Å²) in [6, 6.07) is 27.2. The normalized spacial score (nSPS) is 10.4. The van der Waals surface area contributed by atoms with Crippen LogP contribution in [0, 0.1) is 5.82 Å². The van der Waals surface area contributed by atoms with Gasteiger partial charge >= 0.3 is 0 Å². The number of pyridine rings is 1. The summed E-state index contributed by atoms with van der Waals surface area (Å²) >= 11 is 0. The Morgan fingerprint density at radius 1 is 0.759 bits per heavy atom. The van der Waals surface area contributed by atoms with Crippen LogP contribution in [0.15, 0.2) is 97.2 Å². The van der Waals surface area contributed by atoms with Crippen molar-refractivity contribution in [2.24, 2.45) is 0 Å². The molecule has 0 amide bonds. The summed E-state index contributed by atoms with van der Waals surface area (Å²) in [5.41, 5.74) is 1.99. The lowest BCUT2D eigenvalue weighted by molar-refractivity contribution is 0.306. The molecule has 1 aromatic heterocycles. The van der Waals surface area contributed by atoms with Gasteiger partial charge in [0.25, 0.3) is 0 Å². The van der Waals surface area contributed by atoms with Crippen LogP contribution in [-0.4, -0.2) is 4.98 Å². The zero-order chi connectivity index (χ0) is 19.9. The maximum atomic E-state index is 13.0. The van der Waals surface area contributed by atoms with Gasteiger partial charge in [-0.15, -0.1) is 0 Å². The van der Waals surface area contributed by atoms with E-state index in [1.165, 1.54) is 12.1 Å². The summed E-state index contributed by atoms with van der Waals surface area (Å²) in [6.07, 6.45) is 1.61. The molecule has 0 aliphatic carbocycles. The molecule has 4 rings (SSSR count). The minimum absolute atomic E-state index is 0.301. The van der Waals surface area contributed by atoms with Gasteiger partial charge in [-0.25, -0.2) is 9.37 Å². The molecule has 0 spiro atoms. The zero-order valence-electron chi connectivity index (χ0n) is 15.6. The molecule has 0 radical (unpaired) electrons. The van der Waals surface area contributed by atoms with E-state index in [4.69, 9.17) is 9.47 Å². The van der Waals surface area contributed by atoms with E-state index < -0.39 is 0 Å². The molecule has 0 fully saturated rings. The van der Waals surface area contributed by atoms with E-state index >= 15 is 0 Å². The molecule has 0 saturated carbocycles. The highest BCUT2D eigenvalue weighted by atomic mass is 19.1. The van der Waals surface area contributed by atoms with Crippen LogP contribution in [0.1, 0.15) is 5.56 Å². The highest BCUT2D eigenvalue weighted by molar-refractivity contribution is 5.58. The van der Waals surface area contributed by atoms with Gasteiger partial charge in [0.2, 0.25) is 0 Å².